The molecule has 0 saturated heterocycles. The molecule has 0 aliphatic carbocycles. The minimum atomic E-state index is 0.123. The standard InChI is InChI=1S/C16H27NO/c1-12-14(11-18)9-13(7-5-6-8-17)10-15(12)16(2,3)4/h9-10,18H,5-8,11,17H2,1-4H3. The van der Waals surface area contributed by atoms with Crippen LogP contribution in [0.2, 0.25) is 0 Å². The van der Waals surface area contributed by atoms with E-state index in [0.29, 0.717) is 0 Å². The van der Waals surface area contributed by atoms with Crippen molar-refractivity contribution < 1.29 is 5.11 Å². The summed E-state index contributed by atoms with van der Waals surface area (Å²) in [6.07, 6.45) is 3.23. The van der Waals surface area contributed by atoms with Crippen LogP contribution in [0.3, 0.4) is 0 Å². The number of aliphatic hydroxyl groups excluding tert-OH is 1. The van der Waals surface area contributed by atoms with Gasteiger partial charge in [0.1, 0.15) is 0 Å². The zero-order chi connectivity index (χ0) is 13.8. The smallest absolute Gasteiger partial charge is 0.0684 e. The quantitative estimate of drug-likeness (QED) is 0.788. The first-order chi connectivity index (χ1) is 8.40. The van der Waals surface area contributed by atoms with E-state index in [-0.39, 0.29) is 12.0 Å². The molecule has 102 valence electrons. The Balaban J connectivity index is 3.06. The summed E-state index contributed by atoms with van der Waals surface area (Å²) in [5.74, 6) is 0. The van der Waals surface area contributed by atoms with E-state index in [0.717, 1.165) is 31.4 Å². The first-order valence-electron chi connectivity index (χ1n) is 6.84. The van der Waals surface area contributed by atoms with Crippen molar-refractivity contribution in [1.82, 2.24) is 0 Å². The lowest BCUT2D eigenvalue weighted by molar-refractivity contribution is 0.280. The molecule has 2 nitrogen and oxygen atoms in total. The van der Waals surface area contributed by atoms with Crippen LogP contribution in [0.5, 0.6) is 0 Å². The Hall–Kier alpha value is -0.860. The molecule has 3 N–H and O–H groups in total. The van der Waals surface area contributed by atoms with Crippen molar-refractivity contribution in [2.75, 3.05) is 6.54 Å². The molecule has 0 radical (unpaired) electrons. The lowest BCUT2D eigenvalue weighted by Gasteiger charge is -2.24. The molecule has 18 heavy (non-hydrogen) atoms. The van der Waals surface area contributed by atoms with Crippen molar-refractivity contribution in [2.24, 2.45) is 5.73 Å². The van der Waals surface area contributed by atoms with E-state index < -0.39 is 0 Å². The largest absolute Gasteiger partial charge is 0.392 e. The molecular weight excluding hydrogens is 222 g/mol. The third-order valence-electron chi connectivity index (χ3n) is 3.47. The lowest BCUT2D eigenvalue weighted by atomic mass is 9.81. The number of rotatable bonds is 5. The highest BCUT2D eigenvalue weighted by Gasteiger charge is 2.18. The third kappa shape index (κ3) is 3.82. The van der Waals surface area contributed by atoms with Crippen LogP contribution in [-0.4, -0.2) is 11.7 Å². The molecule has 0 unspecified atom stereocenters. The number of benzene rings is 1. The summed E-state index contributed by atoms with van der Waals surface area (Å²) < 4.78 is 0. The molecule has 1 rings (SSSR count). The molecule has 2 heteroatoms. The van der Waals surface area contributed by atoms with Gasteiger partial charge in [-0.15, -0.1) is 0 Å². The van der Waals surface area contributed by atoms with Crippen LogP contribution in [0.4, 0.5) is 0 Å². The van der Waals surface area contributed by atoms with Crippen LogP contribution < -0.4 is 5.73 Å². The van der Waals surface area contributed by atoms with Gasteiger partial charge in [-0.1, -0.05) is 32.9 Å². The fourth-order valence-electron chi connectivity index (χ4n) is 2.40. The molecule has 0 atom stereocenters. The summed E-state index contributed by atoms with van der Waals surface area (Å²) in [6, 6.07) is 4.44. The summed E-state index contributed by atoms with van der Waals surface area (Å²) >= 11 is 0. The fraction of sp³-hybridized carbons (Fsp3) is 0.625. The van der Waals surface area contributed by atoms with Gasteiger partial charge >= 0.3 is 0 Å². The Labute approximate surface area is 111 Å². The van der Waals surface area contributed by atoms with Crippen molar-refractivity contribution in [1.29, 1.82) is 0 Å². The van der Waals surface area contributed by atoms with Crippen LogP contribution >= 0.6 is 0 Å². The van der Waals surface area contributed by atoms with E-state index in [1.807, 2.05) is 0 Å². The van der Waals surface area contributed by atoms with Crippen LogP contribution in [0.1, 0.15) is 55.9 Å². The second-order valence-corrected chi connectivity index (χ2v) is 6.08. The minimum absolute atomic E-state index is 0.123. The molecule has 0 fully saturated rings. The summed E-state index contributed by atoms with van der Waals surface area (Å²) in [5, 5.41) is 9.48. The van der Waals surface area contributed by atoms with Gasteiger partial charge in [0.15, 0.2) is 0 Å². The first-order valence-corrected chi connectivity index (χ1v) is 6.84. The number of unbranched alkanes of at least 4 members (excludes halogenated alkanes) is 1. The average molecular weight is 249 g/mol. The lowest BCUT2D eigenvalue weighted by Crippen LogP contribution is -2.15. The van der Waals surface area contributed by atoms with Gasteiger partial charge in [0.25, 0.3) is 0 Å². The van der Waals surface area contributed by atoms with Gasteiger partial charge in [-0.2, -0.15) is 0 Å². The topological polar surface area (TPSA) is 46.2 Å². The van der Waals surface area contributed by atoms with Gasteiger partial charge in [0.05, 0.1) is 6.61 Å². The predicted molar refractivity (Wildman–Crippen MR) is 77.8 cm³/mol. The second-order valence-electron chi connectivity index (χ2n) is 6.08. The number of nitrogens with two attached hydrogens (primary N) is 1. The van der Waals surface area contributed by atoms with E-state index in [4.69, 9.17) is 5.73 Å². The normalized spacial score (nSPS) is 11.9. The fourth-order valence-corrected chi connectivity index (χ4v) is 2.40. The van der Waals surface area contributed by atoms with Crippen LogP contribution in [0, 0.1) is 6.92 Å². The highest BCUT2D eigenvalue weighted by molar-refractivity contribution is 5.41. The van der Waals surface area contributed by atoms with E-state index in [1.165, 1.54) is 16.7 Å². The first kappa shape index (κ1) is 15.2. The second kappa shape index (κ2) is 6.35. The van der Waals surface area contributed by atoms with Gasteiger partial charge in [-0.25, -0.2) is 0 Å². The maximum Gasteiger partial charge on any atom is 0.0684 e. The highest BCUT2D eigenvalue weighted by Crippen LogP contribution is 2.29. The zero-order valence-corrected chi connectivity index (χ0v) is 12.2. The monoisotopic (exact) mass is 249 g/mol. The number of hydrogen-bond donors (Lipinski definition) is 2. The maximum absolute atomic E-state index is 9.48. The summed E-state index contributed by atoms with van der Waals surface area (Å²) in [5.41, 5.74) is 10.6. The summed E-state index contributed by atoms with van der Waals surface area (Å²) in [4.78, 5) is 0. The molecule has 1 aromatic rings. The van der Waals surface area contributed by atoms with Crippen molar-refractivity contribution in [2.45, 2.75) is 59.0 Å². The highest BCUT2D eigenvalue weighted by atomic mass is 16.3. The molecule has 0 amide bonds. The molecule has 0 aliphatic heterocycles. The minimum Gasteiger partial charge on any atom is -0.392 e. The van der Waals surface area contributed by atoms with E-state index in [9.17, 15) is 5.11 Å². The molecular formula is C16H27NO. The molecule has 0 aliphatic rings. The van der Waals surface area contributed by atoms with Gasteiger partial charge in [0, 0.05) is 0 Å². The van der Waals surface area contributed by atoms with Crippen molar-refractivity contribution in [3.63, 3.8) is 0 Å². The third-order valence-corrected chi connectivity index (χ3v) is 3.47. The van der Waals surface area contributed by atoms with Crippen molar-refractivity contribution in [3.05, 3.63) is 34.4 Å². The van der Waals surface area contributed by atoms with Crippen LogP contribution in [0.25, 0.3) is 0 Å². The Morgan fingerprint density at radius 1 is 1.17 bits per heavy atom. The Morgan fingerprint density at radius 2 is 1.83 bits per heavy atom. The molecule has 0 aromatic heterocycles. The molecule has 0 saturated carbocycles. The van der Waals surface area contributed by atoms with Crippen LogP contribution in [-0.2, 0) is 18.4 Å². The number of aliphatic hydroxyl groups is 1. The zero-order valence-electron chi connectivity index (χ0n) is 12.2. The average Bonchev–Trinajstić information content (AvgIpc) is 2.29. The number of aryl methyl sites for hydroxylation is 1. The van der Waals surface area contributed by atoms with E-state index in [1.54, 1.807) is 0 Å². The van der Waals surface area contributed by atoms with Crippen molar-refractivity contribution in [3.8, 4) is 0 Å². The predicted octanol–water partition coefficient (Wildman–Crippen LogP) is 3.07. The van der Waals surface area contributed by atoms with E-state index >= 15 is 0 Å². The van der Waals surface area contributed by atoms with Gasteiger partial charge < -0.3 is 10.8 Å². The van der Waals surface area contributed by atoms with Gasteiger partial charge in [-0.05, 0) is 60.4 Å². The summed E-state index contributed by atoms with van der Waals surface area (Å²) in [6.45, 7) is 9.65. The molecule has 0 bridgehead atoms. The molecule has 0 heterocycles. The van der Waals surface area contributed by atoms with Crippen molar-refractivity contribution >= 4 is 0 Å². The van der Waals surface area contributed by atoms with E-state index in [2.05, 4.69) is 39.8 Å². The molecule has 1 aromatic carbocycles. The Kier molecular flexibility index (Phi) is 5.36. The van der Waals surface area contributed by atoms with Gasteiger partial charge in [0.2, 0.25) is 0 Å². The van der Waals surface area contributed by atoms with Crippen LogP contribution in [0.15, 0.2) is 12.1 Å². The molecule has 0 spiro atoms. The maximum atomic E-state index is 9.48. The summed E-state index contributed by atoms with van der Waals surface area (Å²) in [7, 11) is 0. The number of hydrogen-bond acceptors (Lipinski definition) is 2. The SMILES string of the molecule is Cc1c(CO)cc(CCCCN)cc1C(C)(C)C. The Bertz CT molecular complexity index is 391. The van der Waals surface area contributed by atoms with Gasteiger partial charge in [-0.3, -0.25) is 0 Å². The Morgan fingerprint density at radius 3 is 2.33 bits per heavy atom.